The second-order valence-electron chi connectivity index (χ2n) is 7.29. The largest absolute Gasteiger partial charge is 0.497 e. The van der Waals surface area contributed by atoms with E-state index in [2.05, 4.69) is 5.32 Å². The number of hydrogen-bond donors (Lipinski definition) is 1. The maximum atomic E-state index is 12.7. The lowest BCUT2D eigenvalue weighted by atomic mass is 10.1. The van der Waals surface area contributed by atoms with Gasteiger partial charge in [0.25, 0.3) is 11.6 Å². The number of carbonyl (C=O) groups is 2. The van der Waals surface area contributed by atoms with E-state index in [1.54, 1.807) is 30.3 Å². The number of amides is 1. The zero-order valence-corrected chi connectivity index (χ0v) is 20.0. The Morgan fingerprint density at radius 1 is 0.919 bits per heavy atom. The highest BCUT2D eigenvalue weighted by Crippen LogP contribution is 2.31. The van der Waals surface area contributed by atoms with Crippen molar-refractivity contribution < 1.29 is 33.5 Å². The molecular weight excluding hydrogens is 482 g/mol. The van der Waals surface area contributed by atoms with Gasteiger partial charge in [0.05, 0.1) is 43.6 Å². The number of esters is 1. The summed E-state index contributed by atoms with van der Waals surface area (Å²) in [7, 11) is 4.21. The molecule has 0 radical (unpaired) electrons. The number of nitriles is 1. The third-order valence-electron chi connectivity index (χ3n) is 5.04. The first kappa shape index (κ1) is 26.2. The number of nitro benzene ring substituents is 1. The van der Waals surface area contributed by atoms with Crippen LogP contribution in [0.15, 0.2) is 66.2 Å². The molecule has 0 saturated heterocycles. The van der Waals surface area contributed by atoms with E-state index in [0.717, 1.165) is 6.07 Å². The average Bonchev–Trinajstić information content (AvgIpc) is 2.91. The highest BCUT2D eigenvalue weighted by molar-refractivity contribution is 6.10. The molecule has 3 aromatic carbocycles. The van der Waals surface area contributed by atoms with Crippen molar-refractivity contribution in [1.29, 1.82) is 5.26 Å². The van der Waals surface area contributed by atoms with Gasteiger partial charge in [-0.05, 0) is 54.1 Å². The van der Waals surface area contributed by atoms with E-state index in [1.807, 2.05) is 6.07 Å². The van der Waals surface area contributed by atoms with Crippen LogP contribution in [0.2, 0.25) is 0 Å². The summed E-state index contributed by atoms with van der Waals surface area (Å²) in [5.74, 6) is -0.454. The Morgan fingerprint density at radius 3 is 2.22 bits per heavy atom. The van der Waals surface area contributed by atoms with E-state index in [0.29, 0.717) is 11.3 Å². The molecule has 3 rings (SSSR count). The number of nitro groups is 1. The minimum Gasteiger partial charge on any atom is -0.497 e. The van der Waals surface area contributed by atoms with Crippen LogP contribution in [0.1, 0.15) is 15.9 Å². The number of anilines is 1. The van der Waals surface area contributed by atoms with Gasteiger partial charge in [-0.15, -0.1) is 0 Å². The van der Waals surface area contributed by atoms with Crippen LogP contribution in [0.5, 0.6) is 23.0 Å². The Morgan fingerprint density at radius 2 is 1.62 bits per heavy atom. The summed E-state index contributed by atoms with van der Waals surface area (Å²) < 4.78 is 20.9. The van der Waals surface area contributed by atoms with Gasteiger partial charge < -0.3 is 24.3 Å². The summed E-state index contributed by atoms with van der Waals surface area (Å²) in [6.45, 7) is 0. The Kier molecular flexibility index (Phi) is 8.41. The summed E-state index contributed by atoms with van der Waals surface area (Å²) in [6.07, 6.45) is 1.29. The predicted octanol–water partition coefficient (Wildman–Crippen LogP) is 4.39. The number of rotatable bonds is 9. The standard InChI is InChI=1S/C26H21N3O8/c1-34-20-8-5-17(6-9-20)26(31)37-24-13-16(4-11-22(24)35-2)12-18(15-27)25(30)28-21-10-7-19(29(32)33)14-23(21)36-3/h4-14H,1-3H3,(H,28,30). The highest BCUT2D eigenvalue weighted by Gasteiger charge is 2.17. The first-order chi connectivity index (χ1) is 17.8. The fourth-order valence-corrected chi connectivity index (χ4v) is 3.15. The maximum Gasteiger partial charge on any atom is 0.343 e. The van der Waals surface area contributed by atoms with Crippen molar-refractivity contribution >= 4 is 29.3 Å². The average molecular weight is 503 g/mol. The molecule has 0 unspecified atom stereocenters. The molecule has 11 heteroatoms. The van der Waals surface area contributed by atoms with Crippen molar-refractivity contribution in [2.24, 2.45) is 0 Å². The molecular formula is C26H21N3O8. The van der Waals surface area contributed by atoms with E-state index in [1.165, 1.54) is 51.7 Å². The highest BCUT2D eigenvalue weighted by atomic mass is 16.6. The first-order valence-electron chi connectivity index (χ1n) is 10.6. The fourth-order valence-electron chi connectivity index (χ4n) is 3.15. The zero-order chi connectivity index (χ0) is 26.9. The van der Waals surface area contributed by atoms with Crippen molar-refractivity contribution in [1.82, 2.24) is 0 Å². The summed E-state index contributed by atoms with van der Waals surface area (Å²) >= 11 is 0. The van der Waals surface area contributed by atoms with Gasteiger partial charge in [0, 0.05) is 6.07 Å². The Hall–Kier alpha value is -5.37. The minimum absolute atomic E-state index is 0.0528. The molecule has 0 spiro atoms. The second-order valence-corrected chi connectivity index (χ2v) is 7.29. The number of non-ortho nitro benzene ring substituents is 1. The lowest BCUT2D eigenvalue weighted by Gasteiger charge is -2.11. The quantitative estimate of drug-likeness (QED) is 0.112. The van der Waals surface area contributed by atoms with Gasteiger partial charge in [-0.25, -0.2) is 4.79 Å². The van der Waals surface area contributed by atoms with E-state index in [9.17, 15) is 25.0 Å². The van der Waals surface area contributed by atoms with Crippen LogP contribution in [0.3, 0.4) is 0 Å². The van der Waals surface area contributed by atoms with Crippen molar-refractivity contribution in [3.05, 3.63) is 87.5 Å². The lowest BCUT2D eigenvalue weighted by molar-refractivity contribution is -0.384. The van der Waals surface area contributed by atoms with Crippen molar-refractivity contribution in [2.45, 2.75) is 0 Å². The Balaban J connectivity index is 1.85. The van der Waals surface area contributed by atoms with E-state index in [-0.39, 0.29) is 39.8 Å². The number of methoxy groups -OCH3 is 3. The minimum atomic E-state index is -0.776. The molecule has 0 fully saturated rings. The zero-order valence-electron chi connectivity index (χ0n) is 20.0. The normalized spacial score (nSPS) is 10.6. The molecule has 188 valence electrons. The maximum absolute atomic E-state index is 12.7. The van der Waals surface area contributed by atoms with Crippen LogP contribution < -0.4 is 24.3 Å². The number of ether oxygens (including phenoxy) is 4. The van der Waals surface area contributed by atoms with Crippen molar-refractivity contribution in [2.75, 3.05) is 26.6 Å². The molecule has 0 heterocycles. The first-order valence-corrected chi connectivity index (χ1v) is 10.6. The number of carbonyl (C=O) groups excluding carboxylic acids is 2. The van der Waals surface area contributed by atoms with E-state index >= 15 is 0 Å². The molecule has 0 aromatic heterocycles. The fraction of sp³-hybridized carbons (Fsp3) is 0.115. The summed E-state index contributed by atoms with van der Waals surface area (Å²) in [5, 5.41) is 23.0. The SMILES string of the molecule is COc1ccc(C(=O)Oc2cc(C=C(C#N)C(=O)Nc3ccc([N+](=O)[O-])cc3OC)ccc2OC)cc1. The van der Waals surface area contributed by atoms with Crippen LogP contribution in [-0.4, -0.2) is 38.1 Å². The molecule has 37 heavy (non-hydrogen) atoms. The Bertz CT molecular complexity index is 1410. The van der Waals surface area contributed by atoms with Crippen LogP contribution in [0, 0.1) is 21.4 Å². The van der Waals surface area contributed by atoms with Gasteiger partial charge in [0.15, 0.2) is 11.5 Å². The molecule has 3 aromatic rings. The predicted molar refractivity (Wildman–Crippen MR) is 133 cm³/mol. The van der Waals surface area contributed by atoms with Gasteiger partial charge in [-0.1, -0.05) is 6.07 Å². The van der Waals surface area contributed by atoms with Gasteiger partial charge in [0.2, 0.25) is 0 Å². The molecule has 0 bridgehead atoms. The van der Waals surface area contributed by atoms with Crippen LogP contribution >= 0.6 is 0 Å². The van der Waals surface area contributed by atoms with E-state index < -0.39 is 16.8 Å². The van der Waals surface area contributed by atoms with Crippen molar-refractivity contribution in [3.8, 4) is 29.1 Å². The number of hydrogen-bond acceptors (Lipinski definition) is 9. The summed E-state index contributed by atoms with van der Waals surface area (Å²) in [5.41, 5.74) is 0.292. The molecule has 1 amide bonds. The molecule has 1 N–H and O–H groups in total. The third-order valence-corrected chi connectivity index (χ3v) is 5.04. The number of nitrogens with one attached hydrogen (secondary N) is 1. The van der Waals surface area contributed by atoms with Gasteiger partial charge in [0.1, 0.15) is 23.1 Å². The third kappa shape index (κ3) is 6.40. The molecule has 0 atom stereocenters. The number of benzene rings is 3. The van der Waals surface area contributed by atoms with Crippen molar-refractivity contribution in [3.63, 3.8) is 0 Å². The molecule has 11 nitrogen and oxygen atoms in total. The smallest absolute Gasteiger partial charge is 0.343 e. The van der Waals surface area contributed by atoms with Crippen LogP contribution in [0.25, 0.3) is 6.08 Å². The summed E-state index contributed by atoms with van der Waals surface area (Å²) in [6, 6.07) is 16.3. The van der Waals surface area contributed by atoms with Gasteiger partial charge in [-0.2, -0.15) is 5.26 Å². The molecule has 0 aliphatic rings. The molecule has 0 saturated carbocycles. The topological polar surface area (TPSA) is 150 Å². The molecule has 0 aliphatic heterocycles. The number of nitrogens with zero attached hydrogens (tertiary/aromatic N) is 2. The van der Waals surface area contributed by atoms with Crippen LogP contribution in [-0.2, 0) is 4.79 Å². The second kappa shape index (κ2) is 11.9. The lowest BCUT2D eigenvalue weighted by Crippen LogP contribution is -2.14. The summed E-state index contributed by atoms with van der Waals surface area (Å²) in [4.78, 5) is 35.7. The molecule has 0 aliphatic carbocycles. The van der Waals surface area contributed by atoms with E-state index in [4.69, 9.17) is 18.9 Å². The Labute approximate surface area is 211 Å². The van der Waals surface area contributed by atoms with Crippen LogP contribution in [0.4, 0.5) is 11.4 Å². The van der Waals surface area contributed by atoms with Gasteiger partial charge >= 0.3 is 5.97 Å². The monoisotopic (exact) mass is 503 g/mol. The van der Waals surface area contributed by atoms with Gasteiger partial charge in [-0.3, -0.25) is 14.9 Å².